The molecule has 0 aliphatic heterocycles. The molecule has 0 atom stereocenters. The fraction of sp³-hybridized carbons (Fsp3) is 0.333. The lowest BCUT2D eigenvalue weighted by Crippen LogP contribution is -2.20. The molecule has 0 radical (unpaired) electrons. The molecule has 1 N–H and O–H groups in total. The van der Waals surface area contributed by atoms with Gasteiger partial charge in [-0.2, -0.15) is 5.10 Å². The number of amides is 1. The van der Waals surface area contributed by atoms with Crippen LogP contribution in [0.3, 0.4) is 0 Å². The number of benzene rings is 1. The molecule has 0 fully saturated rings. The number of nitrogens with one attached hydrogen (secondary N) is 1. The Balaban J connectivity index is 1.89. The van der Waals surface area contributed by atoms with Crippen LogP contribution >= 0.6 is 11.6 Å². The first-order chi connectivity index (χ1) is 11.0. The number of nitrogens with zero attached hydrogens (tertiary/aromatic N) is 2. The average Bonchev–Trinajstić information content (AvgIpc) is 2.91. The zero-order valence-electron chi connectivity index (χ0n) is 13.7. The summed E-state index contributed by atoms with van der Waals surface area (Å²) in [6.45, 7) is 7.37. The highest BCUT2D eigenvalue weighted by Gasteiger charge is 2.07. The van der Waals surface area contributed by atoms with Gasteiger partial charge in [-0.1, -0.05) is 49.7 Å². The number of rotatable bonds is 6. The molecule has 0 spiro atoms. The topological polar surface area (TPSA) is 46.9 Å². The Kier molecular flexibility index (Phi) is 5.99. The maximum absolute atomic E-state index is 11.9. The normalized spacial score (nSPS) is 11.3. The van der Waals surface area contributed by atoms with E-state index < -0.39 is 0 Å². The van der Waals surface area contributed by atoms with Crippen molar-refractivity contribution in [2.24, 2.45) is 0 Å². The molecule has 1 heterocycles. The van der Waals surface area contributed by atoms with Gasteiger partial charge in [0.15, 0.2) is 0 Å². The summed E-state index contributed by atoms with van der Waals surface area (Å²) in [7, 11) is 0. The SMILES string of the molecule is CCn1cc(Cl)c(CNC(=O)/C=C/c2ccc(C(C)C)cc2)n1. The van der Waals surface area contributed by atoms with Crippen LogP contribution in [0.5, 0.6) is 0 Å². The predicted octanol–water partition coefficient (Wildman–Crippen LogP) is 4.01. The molecule has 1 amide bonds. The molecule has 1 aromatic carbocycles. The highest BCUT2D eigenvalue weighted by atomic mass is 35.5. The number of hydrogen-bond donors (Lipinski definition) is 1. The molecule has 0 saturated carbocycles. The van der Waals surface area contributed by atoms with E-state index in [1.807, 2.05) is 19.1 Å². The second-order valence-corrected chi connectivity index (χ2v) is 6.06. The Hall–Kier alpha value is -2.07. The fourth-order valence-electron chi connectivity index (χ4n) is 2.11. The van der Waals surface area contributed by atoms with Gasteiger partial charge >= 0.3 is 0 Å². The van der Waals surface area contributed by atoms with Crippen molar-refractivity contribution < 1.29 is 4.79 Å². The highest BCUT2D eigenvalue weighted by molar-refractivity contribution is 6.31. The van der Waals surface area contributed by atoms with E-state index in [0.29, 0.717) is 23.2 Å². The van der Waals surface area contributed by atoms with Crippen molar-refractivity contribution in [2.45, 2.75) is 39.8 Å². The molecule has 122 valence electrons. The minimum Gasteiger partial charge on any atom is -0.347 e. The number of hydrogen-bond acceptors (Lipinski definition) is 2. The third kappa shape index (κ3) is 4.96. The van der Waals surface area contributed by atoms with Crippen LogP contribution in [-0.2, 0) is 17.9 Å². The fourth-order valence-corrected chi connectivity index (χ4v) is 2.33. The third-order valence-electron chi connectivity index (χ3n) is 3.57. The first-order valence-corrected chi connectivity index (χ1v) is 8.15. The van der Waals surface area contributed by atoms with E-state index >= 15 is 0 Å². The van der Waals surface area contributed by atoms with Crippen LogP contribution in [0.25, 0.3) is 6.08 Å². The molecule has 0 unspecified atom stereocenters. The van der Waals surface area contributed by atoms with Crippen LogP contribution in [0, 0.1) is 0 Å². The molecule has 0 aliphatic rings. The van der Waals surface area contributed by atoms with E-state index in [9.17, 15) is 4.79 Å². The van der Waals surface area contributed by atoms with Crippen LogP contribution < -0.4 is 5.32 Å². The summed E-state index contributed by atoms with van der Waals surface area (Å²) in [6, 6.07) is 8.19. The van der Waals surface area contributed by atoms with Crippen molar-refractivity contribution in [1.82, 2.24) is 15.1 Å². The number of halogens is 1. The zero-order valence-corrected chi connectivity index (χ0v) is 14.5. The van der Waals surface area contributed by atoms with Gasteiger partial charge in [0.1, 0.15) is 5.69 Å². The summed E-state index contributed by atoms with van der Waals surface area (Å²) in [5.41, 5.74) is 2.96. The Morgan fingerprint density at radius 2 is 2.04 bits per heavy atom. The molecule has 4 nitrogen and oxygen atoms in total. The van der Waals surface area contributed by atoms with E-state index in [1.54, 1.807) is 17.0 Å². The summed E-state index contributed by atoms with van der Waals surface area (Å²) < 4.78 is 1.75. The van der Waals surface area contributed by atoms with Crippen LogP contribution in [0.1, 0.15) is 43.5 Å². The Bertz CT molecular complexity index is 687. The van der Waals surface area contributed by atoms with Gasteiger partial charge in [0.05, 0.1) is 11.6 Å². The van der Waals surface area contributed by atoms with Crippen LogP contribution in [0.4, 0.5) is 0 Å². The van der Waals surface area contributed by atoms with E-state index in [1.165, 1.54) is 11.6 Å². The van der Waals surface area contributed by atoms with Crippen molar-refractivity contribution in [1.29, 1.82) is 0 Å². The van der Waals surface area contributed by atoms with Gasteiger partial charge in [0.25, 0.3) is 0 Å². The monoisotopic (exact) mass is 331 g/mol. The average molecular weight is 332 g/mol. The van der Waals surface area contributed by atoms with Gasteiger partial charge in [-0.25, -0.2) is 0 Å². The highest BCUT2D eigenvalue weighted by Crippen LogP contribution is 2.15. The van der Waals surface area contributed by atoms with Gasteiger partial charge < -0.3 is 5.32 Å². The van der Waals surface area contributed by atoms with Gasteiger partial charge in [0, 0.05) is 18.8 Å². The molecule has 0 bridgehead atoms. The standard InChI is InChI=1S/C18H22ClN3O/c1-4-22-12-16(19)17(21-22)11-20-18(23)10-7-14-5-8-15(9-6-14)13(2)3/h5-10,12-13H,4,11H2,1-3H3,(H,20,23)/b10-7+. The van der Waals surface area contributed by atoms with E-state index in [0.717, 1.165) is 12.1 Å². The number of aromatic nitrogens is 2. The van der Waals surface area contributed by atoms with Gasteiger partial charge in [-0.05, 0) is 30.0 Å². The summed E-state index contributed by atoms with van der Waals surface area (Å²) in [4.78, 5) is 11.9. The molecule has 0 saturated heterocycles. The van der Waals surface area contributed by atoms with Crippen LogP contribution in [-0.4, -0.2) is 15.7 Å². The maximum atomic E-state index is 11.9. The second-order valence-electron chi connectivity index (χ2n) is 5.65. The lowest BCUT2D eigenvalue weighted by Gasteiger charge is -2.04. The maximum Gasteiger partial charge on any atom is 0.244 e. The van der Waals surface area contributed by atoms with Crippen LogP contribution in [0.2, 0.25) is 5.02 Å². The first-order valence-electron chi connectivity index (χ1n) is 7.77. The van der Waals surface area contributed by atoms with Crippen molar-refractivity contribution in [3.63, 3.8) is 0 Å². The molecule has 23 heavy (non-hydrogen) atoms. The number of carbonyl (C=O) groups is 1. The van der Waals surface area contributed by atoms with Crippen molar-refractivity contribution in [3.05, 3.63) is 58.4 Å². The largest absolute Gasteiger partial charge is 0.347 e. The van der Waals surface area contributed by atoms with E-state index in [-0.39, 0.29) is 5.91 Å². The summed E-state index contributed by atoms with van der Waals surface area (Å²) in [5.74, 6) is 0.337. The lowest BCUT2D eigenvalue weighted by molar-refractivity contribution is -0.116. The van der Waals surface area contributed by atoms with E-state index in [2.05, 4.69) is 36.4 Å². The first kappa shape index (κ1) is 17.3. The molecule has 0 aliphatic carbocycles. The molecule has 2 aromatic rings. The number of aryl methyl sites for hydroxylation is 1. The molecular formula is C18H22ClN3O. The minimum atomic E-state index is -0.167. The third-order valence-corrected chi connectivity index (χ3v) is 3.89. The lowest BCUT2D eigenvalue weighted by atomic mass is 10.0. The second kappa shape index (κ2) is 7.97. The smallest absolute Gasteiger partial charge is 0.244 e. The summed E-state index contributed by atoms with van der Waals surface area (Å²) >= 11 is 6.07. The molecular weight excluding hydrogens is 310 g/mol. The van der Waals surface area contributed by atoms with Crippen molar-refractivity contribution in [2.75, 3.05) is 0 Å². The van der Waals surface area contributed by atoms with Gasteiger partial charge in [0.2, 0.25) is 5.91 Å². The van der Waals surface area contributed by atoms with Crippen molar-refractivity contribution in [3.8, 4) is 0 Å². The summed E-state index contributed by atoms with van der Waals surface area (Å²) in [5, 5.41) is 7.65. The summed E-state index contributed by atoms with van der Waals surface area (Å²) in [6.07, 6.45) is 5.08. The Morgan fingerprint density at radius 1 is 1.35 bits per heavy atom. The Morgan fingerprint density at radius 3 is 2.61 bits per heavy atom. The van der Waals surface area contributed by atoms with Crippen LogP contribution in [0.15, 0.2) is 36.5 Å². The minimum absolute atomic E-state index is 0.167. The van der Waals surface area contributed by atoms with E-state index in [4.69, 9.17) is 11.6 Å². The molecule has 1 aromatic heterocycles. The Labute approximate surface area is 142 Å². The molecule has 5 heteroatoms. The zero-order chi connectivity index (χ0) is 16.8. The van der Waals surface area contributed by atoms with Gasteiger partial charge in [-0.15, -0.1) is 0 Å². The quantitative estimate of drug-likeness (QED) is 0.813. The number of carbonyl (C=O) groups excluding carboxylic acids is 1. The van der Waals surface area contributed by atoms with Crippen molar-refractivity contribution >= 4 is 23.6 Å². The molecule has 2 rings (SSSR count). The van der Waals surface area contributed by atoms with Gasteiger partial charge in [-0.3, -0.25) is 9.48 Å². The predicted molar refractivity (Wildman–Crippen MR) is 94.3 cm³/mol.